The lowest BCUT2D eigenvalue weighted by Gasteiger charge is -2.39. The summed E-state index contributed by atoms with van der Waals surface area (Å²) in [6, 6.07) is 11.4. The number of nitrogens with zero attached hydrogens (tertiary/aromatic N) is 9. The summed E-state index contributed by atoms with van der Waals surface area (Å²) in [4.78, 5) is 37.7. The van der Waals surface area contributed by atoms with E-state index >= 15 is 0 Å². The summed E-state index contributed by atoms with van der Waals surface area (Å²) in [5.74, 6) is 3.91. The van der Waals surface area contributed by atoms with Crippen molar-refractivity contribution < 1.29 is 14.3 Å². The molecule has 13 heteroatoms. The standard InChI is InChI=1S/C32H32N10O3/c1-20-11-22(4-5-26(20)45-24-7-8-42-28(12-24)34-19-36-42)37-31-30-25(33-18-35-31)13-27-32(38-30)40-9-10-41(23(16-40)17-44-27)29(43)6-3-21-14-39(2)15-21/h3-8,11-13,18-19,21,23H,9-10,14-17H2,1-2H3,(H,33,35,37)/b6-3+/t23-/m1/s1. The third-order valence-corrected chi connectivity index (χ3v) is 8.57. The zero-order valence-corrected chi connectivity index (χ0v) is 25.0. The highest BCUT2D eigenvalue weighted by Gasteiger charge is 2.35. The first-order valence-electron chi connectivity index (χ1n) is 15.0. The number of fused-ring (bicyclic) bond motifs is 6. The Bertz CT molecular complexity index is 1950. The van der Waals surface area contributed by atoms with E-state index in [2.05, 4.69) is 42.2 Å². The summed E-state index contributed by atoms with van der Waals surface area (Å²) in [5, 5.41) is 7.55. The van der Waals surface area contributed by atoms with Gasteiger partial charge in [-0.05, 0) is 49.9 Å². The monoisotopic (exact) mass is 604 g/mol. The van der Waals surface area contributed by atoms with E-state index in [-0.39, 0.29) is 11.9 Å². The van der Waals surface area contributed by atoms with Crippen LogP contribution in [0.2, 0.25) is 0 Å². The molecule has 5 aromatic rings. The van der Waals surface area contributed by atoms with Crippen molar-refractivity contribution in [1.29, 1.82) is 0 Å². The minimum absolute atomic E-state index is 0.0438. The molecule has 0 spiro atoms. The van der Waals surface area contributed by atoms with E-state index in [4.69, 9.17) is 14.5 Å². The van der Waals surface area contributed by atoms with Crippen molar-refractivity contribution in [2.24, 2.45) is 5.92 Å². The van der Waals surface area contributed by atoms with Crippen LogP contribution in [0.5, 0.6) is 17.2 Å². The molecule has 7 heterocycles. The van der Waals surface area contributed by atoms with Gasteiger partial charge in [0, 0.05) is 62.7 Å². The van der Waals surface area contributed by atoms with Gasteiger partial charge in [0.2, 0.25) is 5.91 Å². The fourth-order valence-electron chi connectivity index (χ4n) is 6.20. The molecule has 0 radical (unpaired) electrons. The number of nitrogens with one attached hydrogen (secondary N) is 1. The highest BCUT2D eigenvalue weighted by molar-refractivity contribution is 5.90. The van der Waals surface area contributed by atoms with Gasteiger partial charge in [0.05, 0.1) is 11.6 Å². The van der Waals surface area contributed by atoms with Gasteiger partial charge in [0.15, 0.2) is 23.0 Å². The Balaban J connectivity index is 1.00. The molecule has 0 unspecified atom stereocenters. The van der Waals surface area contributed by atoms with Gasteiger partial charge in [-0.3, -0.25) is 4.79 Å². The molecule has 1 aromatic carbocycles. The molecule has 0 aliphatic carbocycles. The minimum atomic E-state index is -0.0667. The molecule has 3 aliphatic heterocycles. The van der Waals surface area contributed by atoms with Gasteiger partial charge in [-0.25, -0.2) is 24.5 Å². The van der Waals surface area contributed by atoms with Crippen LogP contribution in [0.4, 0.5) is 17.3 Å². The predicted octanol–water partition coefficient (Wildman–Crippen LogP) is 3.44. The number of amides is 1. The number of ether oxygens (including phenoxy) is 2. The third kappa shape index (κ3) is 5.24. The molecule has 1 atom stereocenters. The summed E-state index contributed by atoms with van der Waals surface area (Å²) in [7, 11) is 2.09. The minimum Gasteiger partial charge on any atom is -0.487 e. The Morgan fingerprint density at radius 2 is 1.98 bits per heavy atom. The van der Waals surface area contributed by atoms with E-state index in [0.717, 1.165) is 35.9 Å². The second-order valence-corrected chi connectivity index (χ2v) is 11.8. The van der Waals surface area contributed by atoms with Crippen LogP contribution in [0.1, 0.15) is 5.56 Å². The van der Waals surface area contributed by atoms with Crippen molar-refractivity contribution in [3.63, 3.8) is 0 Å². The van der Waals surface area contributed by atoms with Gasteiger partial charge in [-0.1, -0.05) is 6.08 Å². The molecule has 2 fully saturated rings. The molecule has 0 saturated carbocycles. The van der Waals surface area contributed by atoms with Crippen LogP contribution < -0.4 is 19.7 Å². The molecule has 13 nitrogen and oxygen atoms in total. The topological polar surface area (TPSA) is 126 Å². The summed E-state index contributed by atoms with van der Waals surface area (Å²) in [6.07, 6.45) is 8.63. The molecule has 228 valence electrons. The maximum Gasteiger partial charge on any atom is 0.246 e. The molecule has 4 aromatic heterocycles. The fourth-order valence-corrected chi connectivity index (χ4v) is 6.20. The Labute approximate surface area is 259 Å². The maximum absolute atomic E-state index is 13.1. The maximum atomic E-state index is 13.1. The number of rotatable bonds is 6. The van der Waals surface area contributed by atoms with E-state index < -0.39 is 0 Å². The fraction of sp³-hybridized carbons (Fsp3) is 0.312. The number of piperazine rings is 1. The van der Waals surface area contributed by atoms with Crippen molar-refractivity contribution >= 4 is 39.9 Å². The Kier molecular flexibility index (Phi) is 6.67. The van der Waals surface area contributed by atoms with Gasteiger partial charge >= 0.3 is 0 Å². The van der Waals surface area contributed by atoms with E-state index in [0.29, 0.717) is 66.2 Å². The first kappa shape index (κ1) is 27.3. The molecule has 2 bridgehead atoms. The average molecular weight is 605 g/mol. The number of likely N-dealkylation sites (tertiary alicyclic amines) is 1. The van der Waals surface area contributed by atoms with Gasteiger partial charge in [0.1, 0.15) is 36.3 Å². The molecular formula is C32H32N10O3. The van der Waals surface area contributed by atoms with E-state index in [1.54, 1.807) is 10.6 Å². The molecule has 8 rings (SSSR count). The molecule has 45 heavy (non-hydrogen) atoms. The quantitative estimate of drug-likeness (QED) is 0.287. The SMILES string of the molecule is Cc1cc(Nc2ncnc3cc4c(nc23)N2CCN(C(=O)/C=C/C3CN(C)C3)[C@@H](CO4)C2)ccc1Oc1ccn2ncnc2c1. The lowest BCUT2D eigenvalue weighted by molar-refractivity contribution is -0.129. The summed E-state index contributed by atoms with van der Waals surface area (Å²) >= 11 is 0. The van der Waals surface area contributed by atoms with Crippen molar-refractivity contribution in [2.45, 2.75) is 13.0 Å². The van der Waals surface area contributed by atoms with E-state index in [1.165, 1.54) is 12.7 Å². The molecule has 3 aliphatic rings. The smallest absolute Gasteiger partial charge is 0.246 e. The van der Waals surface area contributed by atoms with Gasteiger partial charge in [0.25, 0.3) is 0 Å². The van der Waals surface area contributed by atoms with E-state index in [1.807, 2.05) is 60.5 Å². The van der Waals surface area contributed by atoms with Crippen molar-refractivity contribution in [3.8, 4) is 17.2 Å². The number of carbonyl (C=O) groups excluding carboxylic acids is 1. The van der Waals surface area contributed by atoms with Gasteiger partial charge in [-0.15, -0.1) is 0 Å². The summed E-state index contributed by atoms with van der Waals surface area (Å²) in [5.41, 5.74) is 3.82. The molecule has 1 N–H and O–H groups in total. The van der Waals surface area contributed by atoms with Crippen LogP contribution in [0.3, 0.4) is 0 Å². The lowest BCUT2D eigenvalue weighted by Crippen LogP contribution is -2.56. The Morgan fingerprint density at radius 1 is 1.07 bits per heavy atom. The first-order chi connectivity index (χ1) is 22.0. The number of hydrogen-bond donors (Lipinski definition) is 1. The molecule has 1 amide bonds. The second kappa shape index (κ2) is 11.0. The number of benzene rings is 1. The Morgan fingerprint density at radius 3 is 2.84 bits per heavy atom. The highest BCUT2D eigenvalue weighted by Crippen LogP contribution is 2.36. The number of pyridine rings is 2. The zero-order chi connectivity index (χ0) is 30.5. The van der Waals surface area contributed by atoms with Crippen molar-refractivity contribution in [2.75, 3.05) is 56.6 Å². The predicted molar refractivity (Wildman–Crippen MR) is 168 cm³/mol. The largest absolute Gasteiger partial charge is 0.487 e. The van der Waals surface area contributed by atoms with Crippen LogP contribution in [0.25, 0.3) is 16.7 Å². The van der Waals surface area contributed by atoms with Crippen LogP contribution >= 0.6 is 0 Å². The number of carbonyl (C=O) groups is 1. The van der Waals surface area contributed by atoms with Crippen molar-refractivity contribution in [1.82, 2.24) is 39.3 Å². The normalized spacial score (nSPS) is 18.5. The van der Waals surface area contributed by atoms with Crippen LogP contribution in [0, 0.1) is 12.8 Å². The lowest BCUT2D eigenvalue weighted by atomic mass is 10.0. The molecule has 2 saturated heterocycles. The average Bonchev–Trinajstić information content (AvgIpc) is 3.45. The van der Waals surface area contributed by atoms with Crippen LogP contribution in [0.15, 0.2) is 67.4 Å². The number of hydrogen-bond acceptors (Lipinski definition) is 11. The van der Waals surface area contributed by atoms with Gasteiger partial charge in [-0.2, -0.15) is 5.10 Å². The van der Waals surface area contributed by atoms with Crippen LogP contribution in [-0.2, 0) is 4.79 Å². The van der Waals surface area contributed by atoms with Crippen LogP contribution in [-0.4, -0.2) is 97.7 Å². The molecular weight excluding hydrogens is 572 g/mol. The summed E-state index contributed by atoms with van der Waals surface area (Å²) < 4.78 is 14.1. The third-order valence-electron chi connectivity index (χ3n) is 8.57. The number of anilines is 3. The second-order valence-electron chi connectivity index (χ2n) is 11.8. The summed E-state index contributed by atoms with van der Waals surface area (Å²) in [6.45, 7) is 6.32. The number of aryl methyl sites for hydroxylation is 1. The highest BCUT2D eigenvalue weighted by atomic mass is 16.5. The number of aromatic nitrogens is 6. The Hall–Kier alpha value is -5.30. The zero-order valence-electron chi connectivity index (χ0n) is 25.0. The van der Waals surface area contributed by atoms with E-state index in [9.17, 15) is 4.79 Å². The van der Waals surface area contributed by atoms with Crippen molar-refractivity contribution in [3.05, 3.63) is 73.0 Å². The van der Waals surface area contributed by atoms with Gasteiger partial charge < -0.3 is 29.5 Å². The first-order valence-corrected chi connectivity index (χ1v) is 15.0.